The van der Waals surface area contributed by atoms with E-state index in [0.29, 0.717) is 6.04 Å². The molecular formula is C13H27N3O. The maximum Gasteiger partial charge on any atom is 0.239 e. The van der Waals surface area contributed by atoms with E-state index in [0.717, 1.165) is 19.6 Å². The number of amides is 1. The third-order valence-electron chi connectivity index (χ3n) is 3.62. The van der Waals surface area contributed by atoms with Gasteiger partial charge in [-0.25, -0.2) is 0 Å². The Morgan fingerprint density at radius 3 is 2.59 bits per heavy atom. The van der Waals surface area contributed by atoms with Gasteiger partial charge in [0.1, 0.15) is 0 Å². The summed E-state index contributed by atoms with van der Waals surface area (Å²) in [5.41, 5.74) is 0. The van der Waals surface area contributed by atoms with Crippen molar-refractivity contribution in [1.29, 1.82) is 0 Å². The number of carbonyl (C=O) groups is 1. The van der Waals surface area contributed by atoms with Crippen molar-refractivity contribution >= 4 is 5.91 Å². The maximum absolute atomic E-state index is 11.9. The zero-order chi connectivity index (χ0) is 12.8. The fourth-order valence-corrected chi connectivity index (χ4v) is 2.45. The first kappa shape index (κ1) is 14.5. The molecular weight excluding hydrogens is 214 g/mol. The van der Waals surface area contributed by atoms with Crippen molar-refractivity contribution in [3.8, 4) is 0 Å². The first-order chi connectivity index (χ1) is 8.06. The Hall–Kier alpha value is -0.610. The Morgan fingerprint density at radius 2 is 2.12 bits per heavy atom. The van der Waals surface area contributed by atoms with Crippen LogP contribution in [0, 0.1) is 0 Å². The van der Waals surface area contributed by atoms with Crippen LogP contribution in [0.15, 0.2) is 0 Å². The van der Waals surface area contributed by atoms with Crippen molar-refractivity contribution in [3.05, 3.63) is 0 Å². The molecule has 1 saturated heterocycles. The van der Waals surface area contributed by atoms with Crippen molar-refractivity contribution in [2.75, 3.05) is 33.7 Å². The monoisotopic (exact) mass is 241 g/mol. The summed E-state index contributed by atoms with van der Waals surface area (Å²) in [4.78, 5) is 15.9. The Kier molecular flexibility index (Phi) is 5.92. The Bertz CT molecular complexity index is 237. The van der Waals surface area contributed by atoms with Crippen molar-refractivity contribution < 1.29 is 4.79 Å². The smallest absolute Gasteiger partial charge is 0.239 e. The highest BCUT2D eigenvalue weighted by Crippen LogP contribution is 2.11. The molecule has 0 aromatic carbocycles. The molecule has 2 unspecified atom stereocenters. The summed E-state index contributed by atoms with van der Waals surface area (Å²) in [5.74, 6) is 0.197. The van der Waals surface area contributed by atoms with Gasteiger partial charge in [-0.1, -0.05) is 13.3 Å². The summed E-state index contributed by atoms with van der Waals surface area (Å²) in [6.45, 7) is 7.17. The molecule has 1 amide bonds. The number of nitrogens with one attached hydrogen (secondary N) is 1. The lowest BCUT2D eigenvalue weighted by Crippen LogP contribution is -2.50. The second-order valence-electron chi connectivity index (χ2n) is 5.14. The molecule has 0 bridgehead atoms. The Balaban J connectivity index is 2.48. The van der Waals surface area contributed by atoms with Gasteiger partial charge in [-0.05, 0) is 32.9 Å². The molecule has 100 valence electrons. The summed E-state index contributed by atoms with van der Waals surface area (Å²) < 4.78 is 0. The zero-order valence-corrected chi connectivity index (χ0v) is 11.7. The third kappa shape index (κ3) is 4.28. The van der Waals surface area contributed by atoms with Gasteiger partial charge < -0.3 is 10.2 Å². The van der Waals surface area contributed by atoms with E-state index < -0.39 is 0 Å². The van der Waals surface area contributed by atoms with Gasteiger partial charge in [-0.15, -0.1) is 0 Å². The molecule has 1 heterocycles. The largest absolute Gasteiger partial charge is 0.347 e. The first-order valence-corrected chi connectivity index (χ1v) is 6.74. The molecule has 0 aromatic heterocycles. The lowest BCUT2D eigenvalue weighted by atomic mass is 10.0. The molecule has 1 rings (SSSR count). The number of piperidine rings is 1. The van der Waals surface area contributed by atoms with Gasteiger partial charge in [0.15, 0.2) is 0 Å². The quantitative estimate of drug-likeness (QED) is 0.778. The molecule has 1 N–H and O–H groups in total. The van der Waals surface area contributed by atoms with Crippen LogP contribution in [0.4, 0.5) is 0 Å². The van der Waals surface area contributed by atoms with E-state index in [-0.39, 0.29) is 11.9 Å². The average molecular weight is 241 g/mol. The lowest BCUT2D eigenvalue weighted by molar-refractivity contribution is -0.133. The molecule has 0 radical (unpaired) electrons. The summed E-state index contributed by atoms with van der Waals surface area (Å²) in [6.07, 6.45) is 3.83. The topological polar surface area (TPSA) is 35.6 Å². The minimum atomic E-state index is -0.0151. The maximum atomic E-state index is 11.9. The summed E-state index contributed by atoms with van der Waals surface area (Å²) in [6, 6.07) is 0.542. The van der Waals surface area contributed by atoms with E-state index in [2.05, 4.69) is 17.1 Å². The summed E-state index contributed by atoms with van der Waals surface area (Å²) >= 11 is 0. The molecule has 17 heavy (non-hydrogen) atoms. The van der Waals surface area contributed by atoms with Gasteiger partial charge in [-0.3, -0.25) is 9.69 Å². The number of nitrogens with zero attached hydrogens (tertiary/aromatic N) is 2. The molecule has 0 saturated carbocycles. The summed E-state index contributed by atoms with van der Waals surface area (Å²) in [5, 5.41) is 3.54. The highest BCUT2D eigenvalue weighted by Gasteiger charge is 2.24. The SMILES string of the molecule is CCN(CC1CCCCN1)C(C)C(=O)N(C)C. The minimum Gasteiger partial charge on any atom is -0.347 e. The van der Waals surface area contributed by atoms with Crippen LogP contribution in [0.25, 0.3) is 0 Å². The molecule has 1 fully saturated rings. The van der Waals surface area contributed by atoms with Gasteiger partial charge >= 0.3 is 0 Å². The van der Waals surface area contributed by atoms with Crippen molar-refractivity contribution in [2.24, 2.45) is 0 Å². The second-order valence-corrected chi connectivity index (χ2v) is 5.14. The molecule has 4 heteroatoms. The van der Waals surface area contributed by atoms with Crippen molar-refractivity contribution in [2.45, 2.75) is 45.2 Å². The first-order valence-electron chi connectivity index (χ1n) is 6.74. The number of hydrogen-bond donors (Lipinski definition) is 1. The average Bonchev–Trinajstić information content (AvgIpc) is 2.35. The van der Waals surface area contributed by atoms with Gasteiger partial charge in [0.2, 0.25) is 5.91 Å². The molecule has 0 aromatic rings. The predicted molar refractivity (Wildman–Crippen MR) is 71.0 cm³/mol. The van der Waals surface area contributed by atoms with Gasteiger partial charge in [0.05, 0.1) is 6.04 Å². The molecule has 1 aliphatic heterocycles. The molecule has 2 atom stereocenters. The van der Waals surface area contributed by atoms with E-state index in [9.17, 15) is 4.79 Å². The van der Waals surface area contributed by atoms with Crippen LogP contribution in [0.1, 0.15) is 33.1 Å². The highest BCUT2D eigenvalue weighted by molar-refractivity contribution is 5.80. The second kappa shape index (κ2) is 6.97. The van der Waals surface area contributed by atoms with E-state index in [4.69, 9.17) is 0 Å². The van der Waals surface area contributed by atoms with Crippen LogP contribution < -0.4 is 5.32 Å². The zero-order valence-electron chi connectivity index (χ0n) is 11.7. The van der Waals surface area contributed by atoms with E-state index in [1.54, 1.807) is 4.90 Å². The fraction of sp³-hybridized carbons (Fsp3) is 0.923. The number of rotatable bonds is 5. The van der Waals surface area contributed by atoms with Crippen molar-refractivity contribution in [3.63, 3.8) is 0 Å². The standard InChI is InChI=1S/C13H27N3O/c1-5-16(11(2)13(17)15(3)4)10-12-8-6-7-9-14-12/h11-12,14H,5-10H2,1-4H3. The highest BCUT2D eigenvalue weighted by atomic mass is 16.2. The molecule has 0 spiro atoms. The molecule has 4 nitrogen and oxygen atoms in total. The van der Waals surface area contributed by atoms with Gasteiger partial charge in [0.25, 0.3) is 0 Å². The normalized spacial score (nSPS) is 22.5. The van der Waals surface area contributed by atoms with E-state index in [1.807, 2.05) is 21.0 Å². The molecule has 0 aliphatic carbocycles. The van der Waals surface area contributed by atoms with E-state index >= 15 is 0 Å². The van der Waals surface area contributed by atoms with Crippen LogP contribution >= 0.6 is 0 Å². The van der Waals surface area contributed by atoms with Crippen molar-refractivity contribution in [1.82, 2.24) is 15.1 Å². The van der Waals surface area contributed by atoms with Gasteiger partial charge in [-0.2, -0.15) is 0 Å². The number of likely N-dealkylation sites (N-methyl/N-ethyl adjacent to an activating group) is 2. The van der Waals surface area contributed by atoms with Crippen LogP contribution in [-0.4, -0.2) is 61.5 Å². The van der Waals surface area contributed by atoms with Crippen LogP contribution in [0.3, 0.4) is 0 Å². The van der Waals surface area contributed by atoms with Gasteiger partial charge in [0, 0.05) is 26.7 Å². The van der Waals surface area contributed by atoms with Crippen LogP contribution in [0.2, 0.25) is 0 Å². The predicted octanol–water partition coefficient (Wildman–Crippen LogP) is 0.927. The lowest BCUT2D eigenvalue weighted by Gasteiger charge is -2.34. The Labute approximate surface area is 105 Å². The molecule has 1 aliphatic rings. The number of hydrogen-bond acceptors (Lipinski definition) is 3. The fourth-order valence-electron chi connectivity index (χ4n) is 2.45. The third-order valence-corrected chi connectivity index (χ3v) is 3.62. The van der Waals surface area contributed by atoms with E-state index in [1.165, 1.54) is 19.3 Å². The summed E-state index contributed by atoms with van der Waals surface area (Å²) in [7, 11) is 3.65. The number of carbonyl (C=O) groups excluding carboxylic acids is 1. The van der Waals surface area contributed by atoms with Crippen LogP contribution in [0.5, 0.6) is 0 Å². The minimum absolute atomic E-state index is 0.0151. The van der Waals surface area contributed by atoms with Crippen LogP contribution in [-0.2, 0) is 4.79 Å². The Morgan fingerprint density at radius 1 is 1.41 bits per heavy atom.